The van der Waals surface area contributed by atoms with Crippen molar-refractivity contribution < 1.29 is 20.1 Å². The van der Waals surface area contributed by atoms with Gasteiger partial charge in [0.2, 0.25) is 0 Å². The van der Waals surface area contributed by atoms with Crippen molar-refractivity contribution in [2.24, 2.45) is 0 Å². The number of hydrogen-bond acceptors (Lipinski definition) is 8. The van der Waals surface area contributed by atoms with Crippen LogP contribution in [0, 0.1) is 0 Å². The van der Waals surface area contributed by atoms with Crippen LogP contribution in [0.3, 0.4) is 0 Å². The Bertz CT molecular complexity index is 1200. The smallest absolute Gasteiger partial charge is 0.167 e. The van der Waals surface area contributed by atoms with Crippen molar-refractivity contribution in [3.63, 3.8) is 0 Å². The molecule has 1 saturated heterocycles. The Morgan fingerprint density at radius 1 is 0.906 bits per heavy atom. The fourth-order valence-corrected chi connectivity index (χ4v) is 3.91. The number of ether oxygens (including phenoxy) is 1. The number of fused-ring (bicyclic) bond motifs is 1. The summed E-state index contributed by atoms with van der Waals surface area (Å²) in [6.45, 7) is 0.147. The van der Waals surface area contributed by atoms with Crippen LogP contribution in [-0.2, 0) is 11.3 Å². The number of benzene rings is 2. The molecule has 4 atom stereocenters. The number of anilines is 1. The number of aliphatic hydroxyl groups excluding tert-OH is 3. The molecule has 1 aliphatic heterocycles. The monoisotopic (exact) mass is 433 g/mol. The van der Waals surface area contributed by atoms with Gasteiger partial charge in [-0.2, -0.15) is 0 Å². The van der Waals surface area contributed by atoms with Gasteiger partial charge in [0.1, 0.15) is 24.6 Å². The minimum absolute atomic E-state index is 0.397. The van der Waals surface area contributed by atoms with Gasteiger partial charge in [0.05, 0.1) is 12.9 Å². The maximum atomic E-state index is 10.3. The molecule has 1 aliphatic rings. The number of nitrogens with zero attached hydrogens (tertiary/aromatic N) is 4. The maximum Gasteiger partial charge on any atom is 0.167 e. The Labute approximate surface area is 184 Å². The van der Waals surface area contributed by atoms with Crippen LogP contribution in [0.25, 0.3) is 22.3 Å². The molecule has 9 heteroatoms. The van der Waals surface area contributed by atoms with E-state index < -0.39 is 31.1 Å². The molecule has 32 heavy (non-hydrogen) atoms. The lowest BCUT2D eigenvalue weighted by atomic mass is 10.0. The van der Waals surface area contributed by atoms with Gasteiger partial charge in [0.15, 0.2) is 23.2 Å². The topological polar surface area (TPSA) is 126 Å². The highest BCUT2D eigenvalue weighted by Crippen LogP contribution is 2.32. The molecule has 0 bridgehead atoms. The summed E-state index contributed by atoms with van der Waals surface area (Å²) in [4.78, 5) is 13.0. The maximum absolute atomic E-state index is 10.3. The van der Waals surface area contributed by atoms with Crippen LogP contribution < -0.4 is 5.32 Å². The van der Waals surface area contributed by atoms with E-state index >= 15 is 0 Å². The molecular weight excluding hydrogens is 410 g/mol. The molecule has 0 radical (unpaired) electrons. The second kappa shape index (κ2) is 8.64. The van der Waals surface area contributed by atoms with E-state index in [2.05, 4.69) is 56.7 Å². The third-order valence-electron chi connectivity index (χ3n) is 5.67. The number of nitrogens with one attached hydrogen (secondary N) is 1. The first-order chi connectivity index (χ1) is 15.7. The van der Waals surface area contributed by atoms with Gasteiger partial charge in [-0.1, -0.05) is 54.6 Å². The summed E-state index contributed by atoms with van der Waals surface area (Å²) < 4.78 is 7.14. The van der Waals surface area contributed by atoms with E-state index in [0.717, 1.165) is 11.1 Å². The lowest BCUT2D eigenvalue weighted by Crippen LogP contribution is -2.33. The second-order valence-corrected chi connectivity index (χ2v) is 7.69. The third-order valence-corrected chi connectivity index (χ3v) is 5.67. The van der Waals surface area contributed by atoms with Crippen LogP contribution in [0.4, 0.5) is 5.82 Å². The molecule has 9 nitrogen and oxygen atoms in total. The summed E-state index contributed by atoms with van der Waals surface area (Å²) in [5, 5.41) is 33.0. The van der Waals surface area contributed by atoms with E-state index in [4.69, 9.17) is 4.74 Å². The lowest BCUT2D eigenvalue weighted by molar-refractivity contribution is -0.0511. The first-order valence-electron chi connectivity index (χ1n) is 10.3. The fourth-order valence-electron chi connectivity index (χ4n) is 3.91. The Morgan fingerprint density at radius 2 is 1.66 bits per heavy atom. The summed E-state index contributed by atoms with van der Waals surface area (Å²) in [5.74, 6) is 0.549. The van der Waals surface area contributed by atoms with E-state index in [1.807, 2.05) is 18.2 Å². The minimum atomic E-state index is -1.21. The molecule has 5 rings (SSSR count). The van der Waals surface area contributed by atoms with Crippen molar-refractivity contribution in [1.82, 2.24) is 19.5 Å². The zero-order chi connectivity index (χ0) is 22.1. The summed E-state index contributed by atoms with van der Waals surface area (Å²) >= 11 is 0. The average Bonchev–Trinajstić information content (AvgIpc) is 3.39. The van der Waals surface area contributed by atoms with Crippen LogP contribution in [0.5, 0.6) is 0 Å². The number of rotatable bonds is 6. The van der Waals surface area contributed by atoms with Gasteiger partial charge in [0.25, 0.3) is 0 Å². The van der Waals surface area contributed by atoms with Crippen molar-refractivity contribution in [2.45, 2.75) is 31.1 Å². The lowest BCUT2D eigenvalue weighted by Gasteiger charge is -2.16. The molecule has 2 aromatic carbocycles. The highest BCUT2D eigenvalue weighted by molar-refractivity contribution is 5.82. The molecule has 3 heterocycles. The van der Waals surface area contributed by atoms with Gasteiger partial charge in [0, 0.05) is 6.54 Å². The van der Waals surface area contributed by atoms with Crippen LogP contribution in [-0.4, -0.2) is 59.8 Å². The van der Waals surface area contributed by atoms with Crippen LogP contribution in [0.2, 0.25) is 0 Å². The fraction of sp³-hybridized carbons (Fsp3) is 0.261. The Kier molecular flexibility index (Phi) is 5.54. The number of aliphatic hydroxyl groups is 3. The highest BCUT2D eigenvalue weighted by Gasteiger charge is 2.44. The van der Waals surface area contributed by atoms with Crippen LogP contribution in [0.15, 0.2) is 67.3 Å². The first kappa shape index (κ1) is 20.5. The van der Waals surface area contributed by atoms with Gasteiger partial charge in [-0.3, -0.25) is 4.57 Å². The Morgan fingerprint density at radius 3 is 2.38 bits per heavy atom. The highest BCUT2D eigenvalue weighted by atomic mass is 16.6. The quantitative estimate of drug-likeness (QED) is 0.362. The molecule has 4 N–H and O–H groups in total. The van der Waals surface area contributed by atoms with Crippen molar-refractivity contribution in [1.29, 1.82) is 0 Å². The number of aromatic nitrogens is 4. The molecule has 4 aromatic rings. The summed E-state index contributed by atoms with van der Waals surface area (Å²) in [6.07, 6.45) is -1.28. The molecule has 2 aromatic heterocycles. The predicted octanol–water partition coefficient (Wildman–Crippen LogP) is 1.72. The average molecular weight is 433 g/mol. The van der Waals surface area contributed by atoms with Crippen molar-refractivity contribution in [3.05, 3.63) is 72.8 Å². The standard InChI is InChI=1S/C23H23N5O4/c29-11-17-19(30)20(31)23(32-17)28-13-27-18-21(25-12-26-22(18)28)24-10-14-6-8-16(9-7-14)15-4-2-1-3-5-15/h1-9,12-13,17,19-20,23,29-31H,10-11H2,(H,24,25,26)/t17-,19-,20-,23-/m1/s1. The molecule has 0 amide bonds. The first-order valence-corrected chi connectivity index (χ1v) is 10.3. The van der Waals surface area contributed by atoms with E-state index in [9.17, 15) is 15.3 Å². The van der Waals surface area contributed by atoms with E-state index in [1.54, 1.807) is 4.57 Å². The van der Waals surface area contributed by atoms with Crippen LogP contribution >= 0.6 is 0 Å². The van der Waals surface area contributed by atoms with Crippen LogP contribution in [0.1, 0.15) is 11.8 Å². The molecule has 0 aliphatic carbocycles. The predicted molar refractivity (Wildman–Crippen MR) is 118 cm³/mol. The van der Waals surface area contributed by atoms with E-state index in [1.165, 1.54) is 18.2 Å². The minimum Gasteiger partial charge on any atom is -0.394 e. The molecule has 0 unspecified atom stereocenters. The molecule has 0 saturated carbocycles. The Balaban J connectivity index is 1.34. The third kappa shape index (κ3) is 3.71. The summed E-state index contributed by atoms with van der Waals surface area (Å²) in [6, 6.07) is 18.5. The number of hydrogen-bond donors (Lipinski definition) is 4. The zero-order valence-corrected chi connectivity index (χ0v) is 17.1. The largest absolute Gasteiger partial charge is 0.394 e. The summed E-state index contributed by atoms with van der Waals surface area (Å²) in [7, 11) is 0. The van der Waals surface area contributed by atoms with Gasteiger partial charge in [-0.15, -0.1) is 0 Å². The van der Waals surface area contributed by atoms with E-state index in [-0.39, 0.29) is 0 Å². The van der Waals surface area contributed by atoms with Gasteiger partial charge in [-0.25, -0.2) is 15.0 Å². The van der Waals surface area contributed by atoms with Crippen molar-refractivity contribution >= 4 is 17.0 Å². The van der Waals surface area contributed by atoms with Gasteiger partial charge in [-0.05, 0) is 16.7 Å². The normalized spacial score (nSPS) is 23.0. The second-order valence-electron chi connectivity index (χ2n) is 7.69. The van der Waals surface area contributed by atoms with E-state index in [0.29, 0.717) is 23.5 Å². The molecule has 0 spiro atoms. The number of imidazole rings is 1. The zero-order valence-electron chi connectivity index (χ0n) is 17.1. The molecule has 1 fully saturated rings. The van der Waals surface area contributed by atoms with Crippen molar-refractivity contribution in [2.75, 3.05) is 11.9 Å². The molecular formula is C23H23N5O4. The van der Waals surface area contributed by atoms with Crippen molar-refractivity contribution in [3.8, 4) is 11.1 Å². The molecule has 164 valence electrons. The Hall–Kier alpha value is -3.37. The van der Waals surface area contributed by atoms with Gasteiger partial charge < -0.3 is 25.4 Å². The van der Waals surface area contributed by atoms with Gasteiger partial charge >= 0.3 is 0 Å². The summed E-state index contributed by atoms with van der Waals surface area (Å²) in [5.41, 5.74) is 4.37. The SMILES string of the molecule is OC[C@H]1O[C@@H](n2cnc3c(NCc4ccc(-c5ccccc5)cc4)ncnc32)[C@H](O)[C@@H]1O.